The molecule has 0 aromatic carbocycles. The van der Waals surface area contributed by atoms with Crippen LogP contribution in [0.4, 0.5) is 5.95 Å². The molecule has 1 unspecified atom stereocenters. The largest absolute Gasteiger partial charge is 0.360 e. The number of nitrogens with zero attached hydrogens (tertiary/aromatic N) is 4. The van der Waals surface area contributed by atoms with E-state index in [1.807, 2.05) is 24.4 Å². The summed E-state index contributed by atoms with van der Waals surface area (Å²) in [6.07, 6.45) is 5.97. The maximum atomic E-state index is 12.4. The number of hydrogen-bond donors (Lipinski definition) is 2. The topological polar surface area (TPSA) is 95.9 Å². The molecule has 0 bridgehead atoms. The predicted molar refractivity (Wildman–Crippen MR) is 102 cm³/mol. The Labute approximate surface area is 155 Å². The summed E-state index contributed by atoms with van der Waals surface area (Å²) in [6.45, 7) is 1.41. The summed E-state index contributed by atoms with van der Waals surface area (Å²) in [4.78, 5) is 38.1. The summed E-state index contributed by atoms with van der Waals surface area (Å²) in [7, 11) is 1.63. The lowest BCUT2D eigenvalue weighted by Crippen LogP contribution is -2.37. The molecular weight excluding hydrogens is 344 g/mol. The molecule has 1 atom stereocenters. The first-order valence-corrected chi connectivity index (χ1v) is 8.79. The summed E-state index contributed by atoms with van der Waals surface area (Å²) in [6, 6.07) is 8.71. The zero-order valence-electron chi connectivity index (χ0n) is 14.9. The van der Waals surface area contributed by atoms with E-state index >= 15 is 0 Å². The number of amides is 1. The normalized spacial score (nSPS) is 16.5. The van der Waals surface area contributed by atoms with Crippen molar-refractivity contribution in [2.45, 2.75) is 12.5 Å². The highest BCUT2D eigenvalue weighted by atomic mass is 16.2. The van der Waals surface area contributed by atoms with Crippen LogP contribution < -0.4 is 15.8 Å². The van der Waals surface area contributed by atoms with Crippen LogP contribution >= 0.6 is 0 Å². The molecule has 0 aliphatic carbocycles. The van der Waals surface area contributed by atoms with Gasteiger partial charge in [0.15, 0.2) is 0 Å². The van der Waals surface area contributed by atoms with Crippen LogP contribution in [0.15, 0.2) is 53.7 Å². The van der Waals surface area contributed by atoms with Crippen LogP contribution in [0.25, 0.3) is 11.4 Å². The number of rotatable bonds is 4. The Morgan fingerprint density at radius 2 is 2.19 bits per heavy atom. The molecule has 8 heteroatoms. The van der Waals surface area contributed by atoms with Gasteiger partial charge in [0.25, 0.3) is 5.91 Å². The number of anilines is 1. The molecule has 1 saturated heterocycles. The molecule has 0 spiro atoms. The van der Waals surface area contributed by atoms with Gasteiger partial charge in [-0.2, -0.15) is 0 Å². The van der Waals surface area contributed by atoms with Gasteiger partial charge >= 0.3 is 0 Å². The number of aryl methyl sites for hydroxylation is 1. The zero-order chi connectivity index (χ0) is 18.8. The standard InChI is InChI=1S/C19H20N6O2/c1-24-11-13(4-5-17(24)26)18(27)22-14-7-10-25(12-14)19-21-9-6-16(23-19)15-3-2-8-20-15/h2-6,8-9,11,14,20H,7,10,12H2,1H3,(H,22,27). The lowest BCUT2D eigenvalue weighted by molar-refractivity contribution is 0.0939. The zero-order valence-corrected chi connectivity index (χ0v) is 14.9. The summed E-state index contributed by atoms with van der Waals surface area (Å²) in [5.41, 5.74) is 2.11. The van der Waals surface area contributed by atoms with Crippen LogP contribution in [0.3, 0.4) is 0 Å². The molecule has 4 rings (SSSR count). The number of H-pyrrole nitrogens is 1. The van der Waals surface area contributed by atoms with Crippen molar-refractivity contribution in [3.63, 3.8) is 0 Å². The van der Waals surface area contributed by atoms with E-state index in [0.29, 0.717) is 18.1 Å². The maximum absolute atomic E-state index is 12.4. The van der Waals surface area contributed by atoms with E-state index in [2.05, 4.69) is 25.2 Å². The first-order chi connectivity index (χ1) is 13.1. The monoisotopic (exact) mass is 364 g/mol. The molecule has 3 aromatic heterocycles. The van der Waals surface area contributed by atoms with Gasteiger partial charge < -0.3 is 19.8 Å². The van der Waals surface area contributed by atoms with E-state index in [1.54, 1.807) is 25.5 Å². The van der Waals surface area contributed by atoms with Crippen molar-refractivity contribution in [2.75, 3.05) is 18.0 Å². The molecule has 27 heavy (non-hydrogen) atoms. The van der Waals surface area contributed by atoms with Crippen molar-refractivity contribution in [1.29, 1.82) is 0 Å². The van der Waals surface area contributed by atoms with Crippen LogP contribution in [0.2, 0.25) is 0 Å². The second-order valence-corrected chi connectivity index (χ2v) is 6.60. The third-order valence-electron chi connectivity index (χ3n) is 4.67. The third-order valence-corrected chi connectivity index (χ3v) is 4.67. The molecular formula is C19H20N6O2. The van der Waals surface area contributed by atoms with E-state index in [4.69, 9.17) is 0 Å². The molecule has 3 aromatic rings. The van der Waals surface area contributed by atoms with Crippen LogP contribution in [0, 0.1) is 0 Å². The summed E-state index contributed by atoms with van der Waals surface area (Å²) >= 11 is 0. The number of nitrogens with one attached hydrogen (secondary N) is 2. The van der Waals surface area contributed by atoms with Crippen LogP contribution in [-0.4, -0.2) is 44.6 Å². The minimum Gasteiger partial charge on any atom is -0.360 e. The summed E-state index contributed by atoms with van der Waals surface area (Å²) < 4.78 is 1.40. The van der Waals surface area contributed by atoms with Gasteiger partial charge in [-0.25, -0.2) is 9.97 Å². The number of aromatic amines is 1. The number of carbonyl (C=O) groups excluding carboxylic acids is 1. The van der Waals surface area contributed by atoms with Crippen molar-refractivity contribution in [2.24, 2.45) is 7.05 Å². The second-order valence-electron chi connectivity index (χ2n) is 6.60. The molecule has 1 amide bonds. The molecule has 0 saturated carbocycles. The average molecular weight is 364 g/mol. The first kappa shape index (κ1) is 17.0. The predicted octanol–water partition coefficient (Wildman–Crippen LogP) is 1.18. The second kappa shape index (κ2) is 7.06. The van der Waals surface area contributed by atoms with Gasteiger partial charge in [-0.15, -0.1) is 0 Å². The third kappa shape index (κ3) is 3.59. The van der Waals surface area contributed by atoms with Gasteiger partial charge in [-0.05, 0) is 30.7 Å². The van der Waals surface area contributed by atoms with Gasteiger partial charge in [0.2, 0.25) is 11.5 Å². The Hall–Kier alpha value is -3.42. The van der Waals surface area contributed by atoms with Crippen LogP contribution in [0.5, 0.6) is 0 Å². The molecule has 1 aliphatic heterocycles. The first-order valence-electron chi connectivity index (χ1n) is 8.79. The van der Waals surface area contributed by atoms with Crippen molar-refractivity contribution in [1.82, 2.24) is 24.8 Å². The minimum absolute atomic E-state index is 0.00692. The molecule has 1 fully saturated rings. The fraction of sp³-hybridized carbons (Fsp3) is 0.263. The van der Waals surface area contributed by atoms with Crippen molar-refractivity contribution < 1.29 is 4.79 Å². The number of pyridine rings is 1. The highest BCUT2D eigenvalue weighted by molar-refractivity contribution is 5.94. The van der Waals surface area contributed by atoms with E-state index in [1.165, 1.54) is 10.6 Å². The quantitative estimate of drug-likeness (QED) is 0.725. The van der Waals surface area contributed by atoms with Crippen molar-refractivity contribution >= 4 is 11.9 Å². The lowest BCUT2D eigenvalue weighted by atomic mass is 10.2. The number of hydrogen-bond acceptors (Lipinski definition) is 5. The average Bonchev–Trinajstić information content (AvgIpc) is 3.36. The van der Waals surface area contributed by atoms with E-state index < -0.39 is 0 Å². The number of carbonyl (C=O) groups is 1. The fourth-order valence-corrected chi connectivity index (χ4v) is 3.20. The van der Waals surface area contributed by atoms with Gasteiger partial charge in [0.1, 0.15) is 0 Å². The smallest absolute Gasteiger partial charge is 0.253 e. The SMILES string of the molecule is Cn1cc(C(=O)NC2CCN(c3nccc(-c4ccc[nH]4)n3)C2)ccc1=O. The Kier molecular flexibility index (Phi) is 4.45. The lowest BCUT2D eigenvalue weighted by Gasteiger charge is -2.17. The summed E-state index contributed by atoms with van der Waals surface area (Å²) in [5.74, 6) is 0.472. The number of aromatic nitrogens is 4. The van der Waals surface area contributed by atoms with Crippen LogP contribution in [0.1, 0.15) is 16.8 Å². The molecule has 2 N–H and O–H groups in total. The van der Waals surface area contributed by atoms with E-state index in [9.17, 15) is 9.59 Å². The van der Waals surface area contributed by atoms with E-state index in [-0.39, 0.29) is 17.5 Å². The van der Waals surface area contributed by atoms with Crippen molar-refractivity contribution in [3.8, 4) is 11.4 Å². The molecule has 1 aliphatic rings. The van der Waals surface area contributed by atoms with Gasteiger partial charge in [-0.1, -0.05) is 0 Å². The summed E-state index contributed by atoms with van der Waals surface area (Å²) in [5, 5.41) is 3.03. The maximum Gasteiger partial charge on any atom is 0.253 e. The molecule has 0 radical (unpaired) electrons. The fourth-order valence-electron chi connectivity index (χ4n) is 3.20. The van der Waals surface area contributed by atoms with E-state index in [0.717, 1.165) is 24.4 Å². The highest BCUT2D eigenvalue weighted by Gasteiger charge is 2.26. The van der Waals surface area contributed by atoms with Crippen molar-refractivity contribution in [3.05, 3.63) is 64.8 Å². The molecule has 138 valence electrons. The van der Waals surface area contributed by atoms with Gasteiger partial charge in [-0.3, -0.25) is 9.59 Å². The Bertz CT molecular complexity index is 1010. The van der Waals surface area contributed by atoms with Gasteiger partial charge in [0, 0.05) is 50.8 Å². The highest BCUT2D eigenvalue weighted by Crippen LogP contribution is 2.20. The Morgan fingerprint density at radius 3 is 2.96 bits per heavy atom. The Balaban J connectivity index is 1.43. The Morgan fingerprint density at radius 1 is 1.30 bits per heavy atom. The molecule has 4 heterocycles. The molecule has 8 nitrogen and oxygen atoms in total. The van der Waals surface area contributed by atoms with Crippen LogP contribution in [-0.2, 0) is 7.05 Å². The van der Waals surface area contributed by atoms with Gasteiger partial charge in [0.05, 0.1) is 17.0 Å². The minimum atomic E-state index is -0.182.